The van der Waals surface area contributed by atoms with E-state index in [1.165, 1.54) is 0 Å². The number of fused-ring (bicyclic) bond motifs is 3. The van der Waals surface area contributed by atoms with Crippen molar-refractivity contribution in [1.82, 2.24) is 20.9 Å². The molecule has 2 aliphatic rings. The Balaban J connectivity index is 1.30. The lowest BCUT2D eigenvalue weighted by atomic mass is 10.0. The molecule has 1 fully saturated rings. The highest BCUT2D eigenvalue weighted by Crippen LogP contribution is 2.45. The van der Waals surface area contributed by atoms with Crippen molar-refractivity contribution in [3.63, 3.8) is 0 Å². The molecule has 38 heavy (non-hydrogen) atoms. The maximum absolute atomic E-state index is 13.0. The molecule has 0 radical (unpaired) electrons. The van der Waals surface area contributed by atoms with Crippen LogP contribution in [0.2, 0.25) is 0 Å². The summed E-state index contributed by atoms with van der Waals surface area (Å²) >= 11 is 0. The van der Waals surface area contributed by atoms with Gasteiger partial charge in [0.05, 0.1) is 6.04 Å². The zero-order chi connectivity index (χ0) is 27.3. The van der Waals surface area contributed by atoms with Crippen LogP contribution in [0.4, 0.5) is 4.79 Å². The lowest BCUT2D eigenvalue weighted by Crippen LogP contribution is -2.54. The van der Waals surface area contributed by atoms with Crippen molar-refractivity contribution in [2.75, 3.05) is 20.1 Å². The molecule has 8 heteroatoms. The van der Waals surface area contributed by atoms with Crippen LogP contribution in [0.15, 0.2) is 48.5 Å². The third-order valence-electron chi connectivity index (χ3n) is 7.05. The minimum absolute atomic E-state index is 0.130. The second kappa shape index (κ2) is 12.0. The first-order chi connectivity index (χ1) is 18.1. The maximum atomic E-state index is 13.0. The fourth-order valence-corrected chi connectivity index (χ4v) is 5.12. The quantitative estimate of drug-likeness (QED) is 0.432. The Labute approximate surface area is 225 Å². The number of unbranched alkanes of at least 4 members (excludes halogenated alkanes) is 1. The van der Waals surface area contributed by atoms with Crippen LogP contribution < -0.4 is 16.0 Å². The summed E-state index contributed by atoms with van der Waals surface area (Å²) in [6.07, 6.45) is 2.77. The number of ether oxygens (including phenoxy) is 1. The Kier molecular flexibility index (Phi) is 8.72. The van der Waals surface area contributed by atoms with E-state index in [4.69, 9.17) is 4.74 Å². The molecule has 0 bridgehead atoms. The van der Waals surface area contributed by atoms with Crippen LogP contribution in [0, 0.1) is 0 Å². The zero-order valence-corrected chi connectivity index (χ0v) is 22.9. The van der Waals surface area contributed by atoms with E-state index >= 15 is 0 Å². The normalized spacial score (nSPS) is 17.3. The first-order valence-electron chi connectivity index (χ1n) is 13.6. The largest absolute Gasteiger partial charge is 0.436 e. The van der Waals surface area contributed by atoms with Gasteiger partial charge in [-0.1, -0.05) is 48.5 Å². The predicted octanol–water partition coefficient (Wildman–Crippen LogP) is 4.15. The van der Waals surface area contributed by atoms with Gasteiger partial charge in [-0.2, -0.15) is 0 Å². The lowest BCUT2D eigenvalue weighted by Gasteiger charge is -2.26. The number of carbonyl (C=O) groups is 3. The van der Waals surface area contributed by atoms with Gasteiger partial charge in [0.15, 0.2) is 6.10 Å². The molecule has 2 aromatic rings. The molecule has 0 spiro atoms. The van der Waals surface area contributed by atoms with Crippen molar-refractivity contribution < 1.29 is 19.1 Å². The molecule has 1 heterocycles. The molecule has 3 N–H and O–H groups in total. The zero-order valence-electron chi connectivity index (χ0n) is 22.9. The average Bonchev–Trinajstić information content (AvgIpc) is 3.52. The fourth-order valence-electron chi connectivity index (χ4n) is 5.12. The van der Waals surface area contributed by atoms with Crippen molar-refractivity contribution in [3.8, 4) is 11.1 Å². The van der Waals surface area contributed by atoms with Crippen LogP contribution in [0.25, 0.3) is 11.1 Å². The van der Waals surface area contributed by atoms with E-state index in [2.05, 4.69) is 28.1 Å². The average molecular weight is 521 g/mol. The van der Waals surface area contributed by atoms with Gasteiger partial charge in [-0.3, -0.25) is 9.59 Å². The molecular weight excluding hydrogens is 480 g/mol. The van der Waals surface area contributed by atoms with Gasteiger partial charge in [0.1, 0.15) is 6.04 Å². The number of carbonyl (C=O) groups excluding carboxylic acids is 3. The minimum atomic E-state index is -0.618. The predicted molar refractivity (Wildman–Crippen MR) is 148 cm³/mol. The molecule has 204 valence electrons. The molecule has 1 aliphatic carbocycles. The molecular formula is C30H40N4O4. The molecule has 1 aliphatic heterocycles. The van der Waals surface area contributed by atoms with Crippen LogP contribution in [0.3, 0.4) is 0 Å². The second-order valence-electron chi connectivity index (χ2n) is 11.3. The van der Waals surface area contributed by atoms with E-state index in [0.29, 0.717) is 25.8 Å². The van der Waals surface area contributed by atoms with Gasteiger partial charge in [-0.25, -0.2) is 4.79 Å². The monoisotopic (exact) mass is 520 g/mol. The first kappa shape index (κ1) is 27.6. The molecule has 2 atom stereocenters. The van der Waals surface area contributed by atoms with E-state index in [0.717, 1.165) is 41.6 Å². The van der Waals surface area contributed by atoms with Crippen molar-refractivity contribution in [2.24, 2.45) is 0 Å². The Morgan fingerprint density at radius 2 is 1.66 bits per heavy atom. The molecule has 4 rings (SSSR count). The Bertz CT molecular complexity index is 1110. The highest BCUT2D eigenvalue weighted by Gasteiger charge is 2.32. The standard InChI is InChI=1S/C30H40N4O4/c1-30(2,3)33-28(36)25(32-27(35)24-17-11-18-31-24)16-9-10-19-34(4)29(37)38-26-22-14-7-5-12-20(22)21-13-6-8-15-23(21)26/h5-8,12-15,24-26,31H,9-11,16-19H2,1-4H3,(H,32,35)(H,33,36)/t24-,25-/m0/s1. The summed E-state index contributed by atoms with van der Waals surface area (Å²) in [7, 11) is 1.73. The van der Waals surface area contributed by atoms with Crippen LogP contribution in [-0.4, -0.2) is 60.6 Å². The van der Waals surface area contributed by atoms with E-state index in [-0.39, 0.29) is 23.9 Å². The summed E-state index contributed by atoms with van der Waals surface area (Å²) < 4.78 is 5.97. The highest BCUT2D eigenvalue weighted by atomic mass is 16.6. The Hall–Kier alpha value is -3.39. The van der Waals surface area contributed by atoms with Gasteiger partial charge in [0.2, 0.25) is 11.8 Å². The summed E-state index contributed by atoms with van der Waals surface area (Å²) in [6.45, 7) is 7.07. The summed E-state index contributed by atoms with van der Waals surface area (Å²) in [4.78, 5) is 40.1. The second-order valence-corrected chi connectivity index (χ2v) is 11.3. The summed E-state index contributed by atoms with van der Waals surface area (Å²) in [5.74, 6) is -0.315. The number of rotatable bonds is 9. The number of hydrogen-bond donors (Lipinski definition) is 3. The number of amides is 3. The van der Waals surface area contributed by atoms with E-state index in [9.17, 15) is 14.4 Å². The summed E-state index contributed by atoms with van der Waals surface area (Å²) in [5.41, 5.74) is 3.79. The van der Waals surface area contributed by atoms with Gasteiger partial charge >= 0.3 is 6.09 Å². The van der Waals surface area contributed by atoms with Gasteiger partial charge in [0.25, 0.3) is 0 Å². The van der Waals surface area contributed by atoms with Gasteiger partial charge in [-0.05, 0) is 70.5 Å². The van der Waals surface area contributed by atoms with Crippen molar-refractivity contribution in [3.05, 3.63) is 59.7 Å². The van der Waals surface area contributed by atoms with Gasteiger partial charge in [0, 0.05) is 30.3 Å². The van der Waals surface area contributed by atoms with Crippen molar-refractivity contribution in [1.29, 1.82) is 0 Å². The maximum Gasteiger partial charge on any atom is 0.410 e. The highest BCUT2D eigenvalue weighted by molar-refractivity contribution is 5.90. The van der Waals surface area contributed by atoms with Gasteiger partial charge in [-0.15, -0.1) is 0 Å². The molecule has 1 saturated heterocycles. The first-order valence-corrected chi connectivity index (χ1v) is 13.6. The summed E-state index contributed by atoms with van der Waals surface area (Å²) in [5, 5.41) is 9.11. The topological polar surface area (TPSA) is 99.8 Å². The van der Waals surface area contributed by atoms with E-state index in [1.807, 2.05) is 57.2 Å². The molecule has 8 nitrogen and oxygen atoms in total. The molecule has 2 aromatic carbocycles. The minimum Gasteiger partial charge on any atom is -0.436 e. The van der Waals surface area contributed by atoms with Crippen molar-refractivity contribution >= 4 is 17.9 Å². The van der Waals surface area contributed by atoms with Crippen LogP contribution >= 0.6 is 0 Å². The fraction of sp³-hybridized carbons (Fsp3) is 0.500. The number of benzene rings is 2. The number of hydrogen-bond acceptors (Lipinski definition) is 5. The summed E-state index contributed by atoms with van der Waals surface area (Å²) in [6, 6.07) is 15.2. The Morgan fingerprint density at radius 1 is 1.03 bits per heavy atom. The van der Waals surface area contributed by atoms with E-state index in [1.54, 1.807) is 11.9 Å². The molecule has 3 amide bonds. The molecule has 0 saturated carbocycles. The number of nitrogens with zero attached hydrogens (tertiary/aromatic N) is 1. The van der Waals surface area contributed by atoms with Crippen LogP contribution in [-0.2, 0) is 14.3 Å². The van der Waals surface area contributed by atoms with Crippen LogP contribution in [0.5, 0.6) is 0 Å². The lowest BCUT2D eigenvalue weighted by molar-refractivity contribution is -0.130. The third kappa shape index (κ3) is 6.72. The third-order valence-corrected chi connectivity index (χ3v) is 7.05. The molecule has 0 aromatic heterocycles. The van der Waals surface area contributed by atoms with Crippen LogP contribution in [0.1, 0.15) is 70.1 Å². The Morgan fingerprint density at radius 3 is 2.24 bits per heavy atom. The molecule has 0 unspecified atom stereocenters. The van der Waals surface area contributed by atoms with Crippen molar-refractivity contribution in [2.45, 2.75) is 76.6 Å². The SMILES string of the molecule is CN(CCCC[C@H](NC(=O)[C@@H]1CCCN1)C(=O)NC(C)(C)C)C(=O)OC1c2ccccc2-c2ccccc21. The number of nitrogens with one attached hydrogen (secondary N) is 3. The smallest absolute Gasteiger partial charge is 0.410 e. The van der Waals surface area contributed by atoms with Gasteiger partial charge < -0.3 is 25.6 Å². The van der Waals surface area contributed by atoms with E-state index < -0.39 is 17.7 Å².